The van der Waals surface area contributed by atoms with Gasteiger partial charge in [0.15, 0.2) is 11.5 Å². The van der Waals surface area contributed by atoms with E-state index in [0.717, 1.165) is 18.2 Å². The molecule has 0 aliphatic heterocycles. The summed E-state index contributed by atoms with van der Waals surface area (Å²) in [4.78, 5) is 24.0. The number of hydrogen-bond acceptors (Lipinski definition) is 6. The van der Waals surface area contributed by atoms with Gasteiger partial charge in [0.25, 0.3) is 0 Å². The highest BCUT2D eigenvalue weighted by Crippen LogP contribution is 2.37. The van der Waals surface area contributed by atoms with E-state index in [1.807, 2.05) is 0 Å². The van der Waals surface area contributed by atoms with Crippen molar-refractivity contribution in [2.45, 2.75) is 19.0 Å². The SMILES string of the molecule is COc1cc(/C=N\NC(=O)CCC(=O)Nc2cc(C(F)(F)F)ccc2Cl)cc(OC)c1OC. The highest BCUT2D eigenvalue weighted by Gasteiger charge is 2.31. The molecule has 12 heteroatoms. The Balaban J connectivity index is 1.92. The molecule has 178 valence electrons. The third kappa shape index (κ3) is 7.28. The van der Waals surface area contributed by atoms with E-state index >= 15 is 0 Å². The van der Waals surface area contributed by atoms with Gasteiger partial charge >= 0.3 is 6.18 Å². The number of methoxy groups -OCH3 is 3. The first-order chi connectivity index (χ1) is 15.6. The summed E-state index contributed by atoms with van der Waals surface area (Å²) in [7, 11) is 4.38. The second-order valence-corrected chi connectivity index (χ2v) is 6.90. The Morgan fingerprint density at radius 2 is 1.61 bits per heavy atom. The van der Waals surface area contributed by atoms with Crippen molar-refractivity contribution < 1.29 is 37.0 Å². The molecule has 0 fully saturated rings. The Labute approximate surface area is 192 Å². The Hall–Kier alpha value is -3.47. The van der Waals surface area contributed by atoms with Crippen molar-refractivity contribution in [2.24, 2.45) is 5.10 Å². The number of ether oxygens (including phenoxy) is 3. The largest absolute Gasteiger partial charge is 0.493 e. The van der Waals surface area contributed by atoms with Crippen LogP contribution in [0.25, 0.3) is 0 Å². The molecule has 0 spiro atoms. The summed E-state index contributed by atoms with van der Waals surface area (Å²) in [5.74, 6) is -0.0684. The monoisotopic (exact) mass is 487 g/mol. The smallest absolute Gasteiger partial charge is 0.416 e. The van der Waals surface area contributed by atoms with E-state index in [1.165, 1.54) is 27.5 Å². The van der Waals surface area contributed by atoms with Crippen molar-refractivity contribution in [3.63, 3.8) is 0 Å². The van der Waals surface area contributed by atoms with Crippen molar-refractivity contribution in [1.82, 2.24) is 5.43 Å². The number of alkyl halides is 3. The van der Waals surface area contributed by atoms with Gasteiger partial charge in [-0.1, -0.05) is 11.6 Å². The second kappa shape index (κ2) is 11.4. The van der Waals surface area contributed by atoms with Gasteiger partial charge in [-0.25, -0.2) is 5.43 Å². The van der Waals surface area contributed by atoms with Gasteiger partial charge in [0.05, 0.1) is 43.8 Å². The predicted octanol–water partition coefficient (Wildman–Crippen LogP) is 4.25. The van der Waals surface area contributed by atoms with Crippen LogP contribution in [0.1, 0.15) is 24.0 Å². The number of benzene rings is 2. The molecule has 0 heterocycles. The van der Waals surface area contributed by atoms with Crippen LogP contribution in [0, 0.1) is 0 Å². The molecular formula is C21H21ClF3N3O5. The lowest BCUT2D eigenvalue weighted by molar-refractivity contribution is -0.137. The van der Waals surface area contributed by atoms with E-state index in [-0.39, 0.29) is 23.6 Å². The number of nitrogens with one attached hydrogen (secondary N) is 2. The van der Waals surface area contributed by atoms with E-state index in [2.05, 4.69) is 15.8 Å². The van der Waals surface area contributed by atoms with Gasteiger partial charge in [0.2, 0.25) is 17.6 Å². The zero-order valence-corrected chi connectivity index (χ0v) is 18.6. The molecule has 0 bridgehead atoms. The Bertz CT molecular complexity index is 1020. The standard InChI is InChI=1S/C21H21ClF3N3O5/c1-31-16-8-12(9-17(32-2)20(16)33-3)11-26-28-19(30)7-6-18(29)27-15-10-13(21(23,24)25)4-5-14(15)22/h4-5,8-11H,6-7H2,1-3H3,(H,27,29)(H,28,30)/b26-11-. The minimum Gasteiger partial charge on any atom is -0.493 e. The molecule has 2 rings (SSSR count). The summed E-state index contributed by atoms with van der Waals surface area (Å²) >= 11 is 5.84. The van der Waals surface area contributed by atoms with Crippen LogP contribution in [0.4, 0.5) is 18.9 Å². The normalized spacial score (nSPS) is 11.2. The zero-order chi connectivity index (χ0) is 24.6. The first-order valence-corrected chi connectivity index (χ1v) is 9.75. The number of hydrazone groups is 1. The van der Waals surface area contributed by atoms with E-state index in [0.29, 0.717) is 22.8 Å². The van der Waals surface area contributed by atoms with Crippen LogP contribution in [0.2, 0.25) is 5.02 Å². The zero-order valence-electron chi connectivity index (χ0n) is 17.9. The van der Waals surface area contributed by atoms with Gasteiger partial charge in [-0.2, -0.15) is 18.3 Å². The van der Waals surface area contributed by atoms with E-state index in [9.17, 15) is 22.8 Å². The first kappa shape index (κ1) is 25.8. The molecule has 2 N–H and O–H groups in total. The van der Waals surface area contributed by atoms with E-state index in [1.54, 1.807) is 12.1 Å². The minimum atomic E-state index is -4.58. The third-order valence-electron chi connectivity index (χ3n) is 4.24. The van der Waals surface area contributed by atoms with E-state index in [4.69, 9.17) is 25.8 Å². The molecule has 0 radical (unpaired) electrons. The first-order valence-electron chi connectivity index (χ1n) is 9.37. The van der Waals surface area contributed by atoms with Gasteiger partial charge < -0.3 is 19.5 Å². The molecule has 0 aliphatic carbocycles. The maximum absolute atomic E-state index is 12.8. The quantitative estimate of drug-likeness (QED) is 0.407. The average Bonchev–Trinajstić information content (AvgIpc) is 2.77. The molecule has 0 saturated heterocycles. The van der Waals surface area contributed by atoms with Gasteiger partial charge in [0, 0.05) is 18.4 Å². The van der Waals surface area contributed by atoms with E-state index < -0.39 is 23.6 Å². The molecule has 0 unspecified atom stereocenters. The van der Waals surface area contributed by atoms with Gasteiger partial charge in [-0.05, 0) is 30.3 Å². The topological polar surface area (TPSA) is 98.2 Å². The molecule has 2 amide bonds. The number of hydrogen-bond donors (Lipinski definition) is 2. The Kier molecular flexibility index (Phi) is 8.92. The van der Waals surface area contributed by atoms with Crippen LogP contribution in [0.15, 0.2) is 35.4 Å². The molecule has 2 aromatic carbocycles. The molecule has 0 atom stereocenters. The minimum absolute atomic E-state index is 0.0595. The fourth-order valence-electron chi connectivity index (χ4n) is 2.65. The fourth-order valence-corrected chi connectivity index (χ4v) is 2.81. The lowest BCUT2D eigenvalue weighted by Crippen LogP contribution is -2.21. The maximum atomic E-state index is 12.8. The van der Waals surface area contributed by atoms with Crippen LogP contribution < -0.4 is 25.0 Å². The number of carbonyl (C=O) groups is 2. The van der Waals surface area contributed by atoms with Crippen molar-refractivity contribution in [2.75, 3.05) is 26.6 Å². The van der Waals surface area contributed by atoms with Crippen molar-refractivity contribution in [1.29, 1.82) is 0 Å². The summed E-state index contributed by atoms with van der Waals surface area (Å²) in [6.45, 7) is 0. The van der Waals surface area contributed by atoms with Crippen LogP contribution in [-0.4, -0.2) is 39.4 Å². The molecule has 8 nitrogen and oxygen atoms in total. The van der Waals surface area contributed by atoms with Crippen molar-refractivity contribution in [3.05, 3.63) is 46.5 Å². The number of carbonyl (C=O) groups excluding carboxylic acids is 2. The number of anilines is 1. The predicted molar refractivity (Wildman–Crippen MR) is 116 cm³/mol. The molecule has 0 aromatic heterocycles. The number of amides is 2. The Morgan fingerprint density at radius 1 is 1.00 bits per heavy atom. The fraction of sp³-hybridized carbons (Fsp3) is 0.286. The van der Waals surface area contributed by atoms with Crippen LogP contribution >= 0.6 is 11.6 Å². The highest BCUT2D eigenvalue weighted by molar-refractivity contribution is 6.33. The average molecular weight is 488 g/mol. The highest BCUT2D eigenvalue weighted by atomic mass is 35.5. The molecular weight excluding hydrogens is 467 g/mol. The van der Waals surface area contributed by atoms with Gasteiger partial charge in [0.1, 0.15) is 0 Å². The van der Waals surface area contributed by atoms with Crippen LogP contribution in [-0.2, 0) is 15.8 Å². The summed E-state index contributed by atoms with van der Waals surface area (Å²) in [5.41, 5.74) is 1.65. The lowest BCUT2D eigenvalue weighted by atomic mass is 10.2. The molecule has 2 aromatic rings. The van der Waals surface area contributed by atoms with Gasteiger partial charge in [-0.15, -0.1) is 0 Å². The number of halogens is 4. The summed E-state index contributed by atoms with van der Waals surface area (Å²) in [5, 5.41) is 6.02. The van der Waals surface area contributed by atoms with Crippen LogP contribution in [0.3, 0.4) is 0 Å². The van der Waals surface area contributed by atoms with Crippen LogP contribution in [0.5, 0.6) is 17.2 Å². The molecule has 0 saturated carbocycles. The molecule has 0 aliphatic rings. The number of rotatable bonds is 9. The van der Waals surface area contributed by atoms with Gasteiger partial charge in [-0.3, -0.25) is 9.59 Å². The Morgan fingerprint density at radius 3 is 2.15 bits per heavy atom. The summed E-state index contributed by atoms with van der Waals surface area (Å²) in [6.07, 6.45) is -3.79. The summed E-state index contributed by atoms with van der Waals surface area (Å²) < 4.78 is 54.1. The maximum Gasteiger partial charge on any atom is 0.416 e. The van der Waals surface area contributed by atoms with Crippen molar-refractivity contribution >= 4 is 35.3 Å². The van der Waals surface area contributed by atoms with Crippen molar-refractivity contribution in [3.8, 4) is 17.2 Å². The number of nitrogens with zero attached hydrogens (tertiary/aromatic N) is 1. The third-order valence-corrected chi connectivity index (χ3v) is 4.57. The summed E-state index contributed by atoms with van der Waals surface area (Å²) in [6, 6.07) is 5.79. The second-order valence-electron chi connectivity index (χ2n) is 6.49. The lowest BCUT2D eigenvalue weighted by Gasteiger charge is -2.12. The molecule has 33 heavy (non-hydrogen) atoms.